The zero-order valence-corrected chi connectivity index (χ0v) is 17.7. The van der Waals surface area contributed by atoms with Crippen molar-refractivity contribution in [3.05, 3.63) is 59.7 Å². The predicted octanol–water partition coefficient (Wildman–Crippen LogP) is 5.35. The molecule has 1 aliphatic rings. The molecule has 1 saturated heterocycles. The van der Waals surface area contributed by atoms with Crippen LogP contribution in [0.2, 0.25) is 0 Å². The smallest absolute Gasteiger partial charge is 0.416 e. The Morgan fingerprint density at radius 1 is 1.03 bits per heavy atom. The van der Waals surface area contributed by atoms with Crippen LogP contribution < -0.4 is 9.47 Å². The van der Waals surface area contributed by atoms with E-state index in [1.807, 2.05) is 19.1 Å². The number of rotatable bonds is 9. The molecular formula is C24H28F3NO3. The van der Waals surface area contributed by atoms with E-state index < -0.39 is 11.7 Å². The molecule has 0 bridgehead atoms. The lowest BCUT2D eigenvalue weighted by atomic mass is 9.91. The molecule has 0 N–H and O–H groups in total. The lowest BCUT2D eigenvalue weighted by Crippen LogP contribution is -2.34. The third kappa shape index (κ3) is 7.28. The molecule has 0 aromatic heterocycles. The zero-order valence-electron chi connectivity index (χ0n) is 17.7. The van der Waals surface area contributed by atoms with Crippen LogP contribution in [0.15, 0.2) is 48.5 Å². The zero-order chi connectivity index (χ0) is 22.3. The summed E-state index contributed by atoms with van der Waals surface area (Å²) >= 11 is 0. The Bertz CT molecular complexity index is 844. The fourth-order valence-corrected chi connectivity index (χ4v) is 3.80. The van der Waals surface area contributed by atoms with E-state index in [9.17, 15) is 18.0 Å². The minimum atomic E-state index is -4.32. The molecular weight excluding hydrogens is 407 g/mol. The third-order valence-electron chi connectivity index (χ3n) is 5.42. The standard InChI is InChI=1S/C24H28F3NO3/c1-2-30-22-6-8-23(9-7-22)31-17-21(29)15-18-10-12-28(13-11-18)16-19-4-3-5-20(14-19)24(25,26)27/h3-9,14,18H,2,10-13,15-17H2,1H3. The van der Waals surface area contributed by atoms with Gasteiger partial charge >= 0.3 is 6.18 Å². The molecule has 0 spiro atoms. The van der Waals surface area contributed by atoms with Crippen molar-refractivity contribution in [3.8, 4) is 11.5 Å². The molecule has 0 amide bonds. The Morgan fingerprint density at radius 2 is 1.68 bits per heavy atom. The van der Waals surface area contributed by atoms with Crippen LogP contribution in [0, 0.1) is 5.92 Å². The van der Waals surface area contributed by atoms with Crippen molar-refractivity contribution in [1.82, 2.24) is 4.90 Å². The second-order valence-corrected chi connectivity index (χ2v) is 7.85. The molecule has 0 aliphatic carbocycles. The number of Topliss-reactive ketones (excluding diaryl/α,β-unsaturated/α-hetero) is 1. The fourth-order valence-electron chi connectivity index (χ4n) is 3.80. The molecule has 1 fully saturated rings. The Balaban J connectivity index is 1.39. The normalized spacial score (nSPS) is 15.6. The molecule has 2 aromatic rings. The van der Waals surface area contributed by atoms with E-state index in [-0.39, 0.29) is 18.3 Å². The van der Waals surface area contributed by atoms with Crippen LogP contribution in [0.5, 0.6) is 11.5 Å². The Labute approximate surface area is 181 Å². The number of carbonyl (C=O) groups excluding carboxylic acids is 1. The highest BCUT2D eigenvalue weighted by molar-refractivity contribution is 5.80. The molecule has 1 heterocycles. The Hall–Kier alpha value is -2.54. The van der Waals surface area contributed by atoms with Crippen LogP contribution in [0.3, 0.4) is 0 Å². The van der Waals surface area contributed by atoms with Crippen LogP contribution in [0.4, 0.5) is 13.2 Å². The van der Waals surface area contributed by atoms with Gasteiger partial charge < -0.3 is 9.47 Å². The first-order valence-corrected chi connectivity index (χ1v) is 10.6. The van der Waals surface area contributed by atoms with E-state index in [2.05, 4.69) is 4.90 Å². The minimum Gasteiger partial charge on any atom is -0.494 e. The number of benzene rings is 2. The number of ketones is 1. The fraction of sp³-hybridized carbons (Fsp3) is 0.458. The van der Waals surface area contributed by atoms with Crippen molar-refractivity contribution in [2.75, 3.05) is 26.3 Å². The summed E-state index contributed by atoms with van der Waals surface area (Å²) in [5, 5.41) is 0. The highest BCUT2D eigenvalue weighted by Crippen LogP contribution is 2.30. The third-order valence-corrected chi connectivity index (χ3v) is 5.42. The number of hydrogen-bond donors (Lipinski definition) is 0. The molecule has 0 saturated carbocycles. The van der Waals surface area contributed by atoms with Gasteiger partial charge in [0.1, 0.15) is 18.1 Å². The summed E-state index contributed by atoms with van der Waals surface area (Å²) in [6.07, 6.45) is -2.15. The second-order valence-electron chi connectivity index (χ2n) is 7.85. The topological polar surface area (TPSA) is 38.8 Å². The SMILES string of the molecule is CCOc1ccc(OCC(=O)CC2CCN(Cc3cccc(C(F)(F)F)c3)CC2)cc1. The predicted molar refractivity (Wildman–Crippen MR) is 112 cm³/mol. The largest absolute Gasteiger partial charge is 0.494 e. The van der Waals surface area contributed by atoms with Gasteiger partial charge in [-0.05, 0) is 74.7 Å². The number of nitrogens with zero attached hydrogens (tertiary/aromatic N) is 1. The van der Waals surface area contributed by atoms with Crippen molar-refractivity contribution in [1.29, 1.82) is 0 Å². The second kappa shape index (κ2) is 10.7. The van der Waals surface area contributed by atoms with Gasteiger partial charge in [-0.1, -0.05) is 18.2 Å². The number of alkyl halides is 3. The highest BCUT2D eigenvalue weighted by Gasteiger charge is 2.30. The van der Waals surface area contributed by atoms with Gasteiger partial charge in [0, 0.05) is 13.0 Å². The van der Waals surface area contributed by atoms with E-state index >= 15 is 0 Å². The number of halogens is 3. The van der Waals surface area contributed by atoms with Gasteiger partial charge in [0.15, 0.2) is 5.78 Å². The first-order valence-electron chi connectivity index (χ1n) is 10.6. The van der Waals surface area contributed by atoms with Crippen LogP contribution in [0.1, 0.15) is 37.3 Å². The van der Waals surface area contributed by atoms with Gasteiger partial charge in [0.25, 0.3) is 0 Å². The summed E-state index contributed by atoms with van der Waals surface area (Å²) in [4.78, 5) is 14.4. The van der Waals surface area contributed by atoms with Crippen molar-refractivity contribution < 1.29 is 27.4 Å². The van der Waals surface area contributed by atoms with E-state index in [1.165, 1.54) is 12.1 Å². The van der Waals surface area contributed by atoms with E-state index in [4.69, 9.17) is 9.47 Å². The van der Waals surface area contributed by atoms with Crippen molar-refractivity contribution in [2.24, 2.45) is 5.92 Å². The van der Waals surface area contributed by atoms with Gasteiger partial charge in [0.2, 0.25) is 0 Å². The summed E-state index contributed by atoms with van der Waals surface area (Å²) in [7, 11) is 0. The molecule has 0 atom stereocenters. The summed E-state index contributed by atoms with van der Waals surface area (Å²) < 4.78 is 49.6. The number of likely N-dealkylation sites (tertiary alicyclic amines) is 1. The molecule has 3 rings (SSSR count). The molecule has 31 heavy (non-hydrogen) atoms. The van der Waals surface area contributed by atoms with Crippen molar-refractivity contribution >= 4 is 5.78 Å². The average Bonchev–Trinajstić information content (AvgIpc) is 2.74. The monoisotopic (exact) mass is 435 g/mol. The molecule has 0 unspecified atom stereocenters. The van der Waals surface area contributed by atoms with Crippen molar-refractivity contribution in [3.63, 3.8) is 0 Å². The van der Waals surface area contributed by atoms with Crippen LogP contribution >= 0.6 is 0 Å². The van der Waals surface area contributed by atoms with Crippen LogP contribution in [-0.2, 0) is 17.5 Å². The summed E-state index contributed by atoms with van der Waals surface area (Å²) in [6, 6.07) is 12.7. The number of carbonyl (C=O) groups is 1. The van der Waals surface area contributed by atoms with E-state index in [0.717, 1.165) is 37.7 Å². The molecule has 7 heteroatoms. The van der Waals surface area contributed by atoms with Crippen molar-refractivity contribution in [2.45, 2.75) is 38.9 Å². The van der Waals surface area contributed by atoms with Crippen LogP contribution in [-0.4, -0.2) is 37.0 Å². The van der Waals surface area contributed by atoms with Gasteiger partial charge in [-0.25, -0.2) is 0 Å². The maximum absolute atomic E-state index is 12.9. The lowest BCUT2D eigenvalue weighted by Gasteiger charge is -2.31. The highest BCUT2D eigenvalue weighted by atomic mass is 19.4. The van der Waals surface area contributed by atoms with Gasteiger partial charge in [-0.3, -0.25) is 9.69 Å². The quantitative estimate of drug-likeness (QED) is 0.532. The van der Waals surface area contributed by atoms with Gasteiger partial charge in [-0.2, -0.15) is 13.2 Å². The van der Waals surface area contributed by atoms with Gasteiger partial charge in [-0.15, -0.1) is 0 Å². The number of hydrogen-bond acceptors (Lipinski definition) is 4. The number of piperidine rings is 1. The maximum atomic E-state index is 12.9. The molecule has 4 nitrogen and oxygen atoms in total. The number of ether oxygens (including phenoxy) is 2. The summed E-state index contributed by atoms with van der Waals surface area (Å²) in [5.41, 5.74) is 0.0473. The van der Waals surface area contributed by atoms with Crippen LogP contribution in [0.25, 0.3) is 0 Å². The maximum Gasteiger partial charge on any atom is 0.416 e. The summed E-state index contributed by atoms with van der Waals surface area (Å²) in [6.45, 7) is 4.59. The molecule has 168 valence electrons. The average molecular weight is 435 g/mol. The lowest BCUT2D eigenvalue weighted by molar-refractivity contribution is -0.137. The molecule has 0 radical (unpaired) electrons. The molecule has 1 aliphatic heterocycles. The van der Waals surface area contributed by atoms with E-state index in [1.54, 1.807) is 18.2 Å². The minimum absolute atomic E-state index is 0.0401. The molecule has 2 aromatic carbocycles. The summed E-state index contributed by atoms with van der Waals surface area (Å²) in [5.74, 6) is 1.74. The first kappa shape index (κ1) is 23.1. The Morgan fingerprint density at radius 3 is 2.29 bits per heavy atom. The Kier molecular flexibility index (Phi) is 7.96. The van der Waals surface area contributed by atoms with E-state index in [0.29, 0.717) is 30.9 Å². The van der Waals surface area contributed by atoms with Gasteiger partial charge in [0.05, 0.1) is 12.2 Å². The first-order chi connectivity index (χ1) is 14.8.